The molecular formula is C16H22N2O3. The number of ether oxygens (including phenoxy) is 2. The topological polar surface area (TPSA) is 42.0 Å². The molecule has 1 aromatic carbocycles. The molecule has 2 aliphatic rings. The highest BCUT2D eigenvalue weighted by atomic mass is 16.5. The number of amides is 1. The van der Waals surface area contributed by atoms with Crippen LogP contribution >= 0.6 is 0 Å². The lowest BCUT2D eigenvalue weighted by Gasteiger charge is -2.35. The lowest BCUT2D eigenvalue weighted by atomic mass is 10.1. The third-order valence-corrected chi connectivity index (χ3v) is 4.04. The fourth-order valence-corrected chi connectivity index (χ4v) is 2.82. The molecule has 5 nitrogen and oxygen atoms in total. The Labute approximate surface area is 125 Å². The SMILES string of the molecule is O=C(CN1CCOC(c2ccccc2)C1)N1CCOCC1. The smallest absolute Gasteiger partial charge is 0.236 e. The monoisotopic (exact) mass is 290 g/mol. The van der Waals surface area contributed by atoms with Crippen LogP contribution in [0.1, 0.15) is 11.7 Å². The maximum Gasteiger partial charge on any atom is 0.236 e. The molecule has 5 heteroatoms. The van der Waals surface area contributed by atoms with Crippen molar-refractivity contribution >= 4 is 5.91 Å². The second-order valence-electron chi connectivity index (χ2n) is 5.50. The van der Waals surface area contributed by atoms with Crippen molar-refractivity contribution in [3.8, 4) is 0 Å². The molecule has 0 saturated carbocycles. The molecular weight excluding hydrogens is 268 g/mol. The van der Waals surface area contributed by atoms with Gasteiger partial charge in [-0.25, -0.2) is 0 Å². The Kier molecular flexibility index (Phi) is 4.85. The van der Waals surface area contributed by atoms with Gasteiger partial charge in [0.1, 0.15) is 0 Å². The van der Waals surface area contributed by atoms with Crippen LogP contribution in [0.4, 0.5) is 0 Å². The van der Waals surface area contributed by atoms with E-state index in [1.54, 1.807) is 0 Å². The van der Waals surface area contributed by atoms with E-state index in [2.05, 4.69) is 17.0 Å². The minimum absolute atomic E-state index is 0.0671. The summed E-state index contributed by atoms with van der Waals surface area (Å²) >= 11 is 0. The van der Waals surface area contributed by atoms with E-state index in [4.69, 9.17) is 9.47 Å². The summed E-state index contributed by atoms with van der Waals surface area (Å²) in [6.45, 7) is 5.49. The number of hydrogen-bond donors (Lipinski definition) is 0. The Hall–Kier alpha value is -1.43. The van der Waals surface area contributed by atoms with Gasteiger partial charge in [-0.3, -0.25) is 9.69 Å². The van der Waals surface area contributed by atoms with Crippen molar-refractivity contribution in [2.75, 3.05) is 52.5 Å². The first-order valence-electron chi connectivity index (χ1n) is 7.57. The zero-order valence-electron chi connectivity index (χ0n) is 12.2. The molecule has 2 saturated heterocycles. The number of morpholine rings is 2. The van der Waals surface area contributed by atoms with Crippen molar-refractivity contribution in [2.24, 2.45) is 0 Å². The molecule has 2 heterocycles. The second-order valence-corrected chi connectivity index (χ2v) is 5.50. The number of carbonyl (C=O) groups excluding carboxylic acids is 1. The van der Waals surface area contributed by atoms with Gasteiger partial charge in [-0.15, -0.1) is 0 Å². The van der Waals surface area contributed by atoms with E-state index in [0.29, 0.717) is 39.5 Å². The van der Waals surface area contributed by atoms with Gasteiger partial charge in [-0.2, -0.15) is 0 Å². The Balaban J connectivity index is 1.55. The average molecular weight is 290 g/mol. The van der Waals surface area contributed by atoms with Gasteiger partial charge in [0.05, 0.1) is 32.5 Å². The Bertz CT molecular complexity index is 460. The van der Waals surface area contributed by atoms with Crippen molar-refractivity contribution in [1.29, 1.82) is 0 Å². The van der Waals surface area contributed by atoms with E-state index < -0.39 is 0 Å². The van der Waals surface area contributed by atoms with E-state index in [1.807, 2.05) is 23.1 Å². The van der Waals surface area contributed by atoms with E-state index in [1.165, 1.54) is 5.56 Å². The summed E-state index contributed by atoms with van der Waals surface area (Å²) in [6.07, 6.45) is 0.0671. The molecule has 1 atom stereocenters. The number of nitrogens with zero attached hydrogens (tertiary/aromatic N) is 2. The molecule has 0 radical (unpaired) electrons. The fourth-order valence-electron chi connectivity index (χ4n) is 2.82. The first kappa shape index (κ1) is 14.5. The van der Waals surface area contributed by atoms with Gasteiger partial charge in [-0.05, 0) is 5.56 Å². The summed E-state index contributed by atoms with van der Waals surface area (Å²) in [5.41, 5.74) is 1.18. The largest absolute Gasteiger partial charge is 0.378 e. The summed E-state index contributed by atoms with van der Waals surface area (Å²) < 4.78 is 11.1. The minimum atomic E-state index is 0.0671. The molecule has 0 aromatic heterocycles. The maximum absolute atomic E-state index is 12.3. The van der Waals surface area contributed by atoms with Crippen molar-refractivity contribution in [3.63, 3.8) is 0 Å². The van der Waals surface area contributed by atoms with E-state index in [0.717, 1.165) is 13.1 Å². The van der Waals surface area contributed by atoms with Gasteiger partial charge in [0.15, 0.2) is 0 Å². The molecule has 1 unspecified atom stereocenters. The van der Waals surface area contributed by atoms with Gasteiger partial charge in [-0.1, -0.05) is 30.3 Å². The van der Waals surface area contributed by atoms with Gasteiger partial charge in [0, 0.05) is 26.2 Å². The Morgan fingerprint density at radius 3 is 2.62 bits per heavy atom. The summed E-state index contributed by atoms with van der Waals surface area (Å²) in [5.74, 6) is 0.201. The Morgan fingerprint density at radius 2 is 1.86 bits per heavy atom. The number of rotatable bonds is 3. The fraction of sp³-hybridized carbons (Fsp3) is 0.562. The number of benzene rings is 1. The van der Waals surface area contributed by atoms with Crippen molar-refractivity contribution < 1.29 is 14.3 Å². The molecule has 0 N–H and O–H groups in total. The molecule has 2 fully saturated rings. The molecule has 1 aromatic rings. The highest BCUT2D eigenvalue weighted by molar-refractivity contribution is 5.78. The van der Waals surface area contributed by atoms with E-state index >= 15 is 0 Å². The average Bonchev–Trinajstić information content (AvgIpc) is 2.57. The zero-order chi connectivity index (χ0) is 14.5. The zero-order valence-corrected chi connectivity index (χ0v) is 12.2. The van der Waals surface area contributed by atoms with E-state index in [9.17, 15) is 4.79 Å². The standard InChI is InChI=1S/C16H22N2O3/c19-16(18-7-9-20-10-8-18)13-17-6-11-21-15(12-17)14-4-2-1-3-5-14/h1-5,15H,6-13H2. The molecule has 0 aliphatic carbocycles. The summed E-state index contributed by atoms with van der Waals surface area (Å²) in [7, 11) is 0. The molecule has 0 bridgehead atoms. The van der Waals surface area contributed by atoms with Crippen LogP contribution in [0.5, 0.6) is 0 Å². The highest BCUT2D eigenvalue weighted by Crippen LogP contribution is 2.21. The van der Waals surface area contributed by atoms with Crippen molar-refractivity contribution in [1.82, 2.24) is 9.80 Å². The first-order valence-corrected chi connectivity index (χ1v) is 7.57. The lowest BCUT2D eigenvalue weighted by molar-refractivity contribution is -0.138. The quantitative estimate of drug-likeness (QED) is 0.830. The van der Waals surface area contributed by atoms with Crippen LogP contribution in [-0.2, 0) is 14.3 Å². The summed E-state index contributed by atoms with van der Waals surface area (Å²) in [6, 6.07) is 10.2. The van der Waals surface area contributed by atoms with Gasteiger partial charge >= 0.3 is 0 Å². The van der Waals surface area contributed by atoms with Crippen LogP contribution in [0, 0.1) is 0 Å². The molecule has 2 aliphatic heterocycles. The van der Waals surface area contributed by atoms with Crippen LogP contribution in [-0.4, -0.2) is 68.3 Å². The molecule has 3 rings (SSSR count). The number of hydrogen-bond acceptors (Lipinski definition) is 4. The first-order chi connectivity index (χ1) is 10.3. The number of carbonyl (C=O) groups is 1. The highest BCUT2D eigenvalue weighted by Gasteiger charge is 2.25. The van der Waals surface area contributed by atoms with Crippen LogP contribution in [0.3, 0.4) is 0 Å². The van der Waals surface area contributed by atoms with Gasteiger partial charge in [0.25, 0.3) is 0 Å². The normalized spacial score (nSPS) is 24.0. The predicted octanol–water partition coefficient (Wildman–Crippen LogP) is 0.919. The van der Waals surface area contributed by atoms with Crippen LogP contribution in [0.2, 0.25) is 0 Å². The van der Waals surface area contributed by atoms with Crippen LogP contribution < -0.4 is 0 Å². The molecule has 1 amide bonds. The molecule has 0 spiro atoms. The van der Waals surface area contributed by atoms with Gasteiger partial charge in [0.2, 0.25) is 5.91 Å². The van der Waals surface area contributed by atoms with Gasteiger partial charge < -0.3 is 14.4 Å². The molecule has 114 valence electrons. The third-order valence-electron chi connectivity index (χ3n) is 4.04. The van der Waals surface area contributed by atoms with Crippen molar-refractivity contribution in [2.45, 2.75) is 6.10 Å². The second kappa shape index (κ2) is 7.02. The van der Waals surface area contributed by atoms with Crippen LogP contribution in [0.15, 0.2) is 30.3 Å². The minimum Gasteiger partial charge on any atom is -0.378 e. The van der Waals surface area contributed by atoms with Crippen molar-refractivity contribution in [3.05, 3.63) is 35.9 Å². The molecule has 21 heavy (non-hydrogen) atoms. The summed E-state index contributed by atoms with van der Waals surface area (Å²) in [5, 5.41) is 0. The maximum atomic E-state index is 12.3. The predicted molar refractivity (Wildman–Crippen MR) is 79.0 cm³/mol. The van der Waals surface area contributed by atoms with E-state index in [-0.39, 0.29) is 12.0 Å². The Morgan fingerprint density at radius 1 is 1.10 bits per heavy atom. The third kappa shape index (κ3) is 3.81. The summed E-state index contributed by atoms with van der Waals surface area (Å²) in [4.78, 5) is 16.4. The lowest BCUT2D eigenvalue weighted by Crippen LogP contribution is -2.48. The van der Waals surface area contributed by atoms with Crippen LogP contribution in [0.25, 0.3) is 0 Å².